The lowest BCUT2D eigenvalue weighted by molar-refractivity contribution is -0.131. The molecule has 9 heteroatoms. The van der Waals surface area contributed by atoms with Gasteiger partial charge in [-0.15, -0.1) is 0 Å². The molecule has 1 aromatic heterocycles. The molecule has 2 N–H and O–H groups in total. The molecule has 0 fully saturated rings. The number of halogens is 2. The first-order valence-electron chi connectivity index (χ1n) is 6.82. The molecule has 7 nitrogen and oxygen atoms in total. The van der Waals surface area contributed by atoms with Crippen molar-refractivity contribution in [3.8, 4) is 6.07 Å². The molecule has 2 aromatic rings. The van der Waals surface area contributed by atoms with Crippen molar-refractivity contribution in [1.82, 2.24) is 4.57 Å². The third-order valence-electron chi connectivity index (χ3n) is 3.61. The minimum atomic E-state index is -1.69. The fourth-order valence-corrected chi connectivity index (χ4v) is 2.70. The number of nitrogens with one attached hydrogen (secondary N) is 1. The zero-order valence-electron chi connectivity index (χ0n) is 13.1. The monoisotopic (exact) mass is 363 g/mol. The van der Waals surface area contributed by atoms with Gasteiger partial charge in [0.15, 0.2) is 0 Å². The van der Waals surface area contributed by atoms with Crippen LogP contribution in [0, 0.1) is 24.1 Å². The summed E-state index contributed by atoms with van der Waals surface area (Å²) in [5.41, 5.74) is -0.317. The third-order valence-corrected chi connectivity index (χ3v) is 3.98. The van der Waals surface area contributed by atoms with Gasteiger partial charge in [0.05, 0.1) is 16.1 Å². The van der Waals surface area contributed by atoms with Gasteiger partial charge in [-0.05, 0) is 25.1 Å². The zero-order valence-corrected chi connectivity index (χ0v) is 13.8. The van der Waals surface area contributed by atoms with Crippen LogP contribution in [0.5, 0.6) is 0 Å². The van der Waals surface area contributed by atoms with Gasteiger partial charge in [0.2, 0.25) is 0 Å². The number of amides is 1. The standard InChI is InChI=1S/C16H11ClFN3O4/c1-7-11(14(22)16(24)25)12(17)13(21(7)2)15(23)20-9-3-4-10(18)8(5-9)6-19/h3-5H,1-2H3,(H,20,23)(H,24,25). The van der Waals surface area contributed by atoms with E-state index in [0.29, 0.717) is 0 Å². The Labute approximate surface area is 146 Å². The van der Waals surface area contributed by atoms with Crippen molar-refractivity contribution in [1.29, 1.82) is 5.26 Å². The summed E-state index contributed by atoms with van der Waals surface area (Å²) in [6.07, 6.45) is 0. The summed E-state index contributed by atoms with van der Waals surface area (Å²) < 4.78 is 14.6. The molecule has 0 radical (unpaired) electrons. The molecule has 1 amide bonds. The maximum atomic E-state index is 13.3. The average Bonchev–Trinajstić information content (AvgIpc) is 2.78. The van der Waals surface area contributed by atoms with Gasteiger partial charge in [-0.1, -0.05) is 11.6 Å². The summed E-state index contributed by atoms with van der Waals surface area (Å²) in [5, 5.41) is 19.8. The smallest absolute Gasteiger partial charge is 0.377 e. The van der Waals surface area contributed by atoms with Crippen LogP contribution in [0.1, 0.15) is 32.1 Å². The maximum absolute atomic E-state index is 13.3. The number of carbonyl (C=O) groups is 3. The number of rotatable bonds is 4. The SMILES string of the molecule is Cc1c(C(=O)C(=O)O)c(Cl)c(C(=O)Nc2ccc(F)c(C#N)c2)n1C. The number of ketones is 1. The summed E-state index contributed by atoms with van der Waals surface area (Å²) in [6, 6.07) is 5.05. The van der Waals surface area contributed by atoms with Crippen molar-refractivity contribution in [2.75, 3.05) is 5.32 Å². The van der Waals surface area contributed by atoms with Crippen LogP contribution in [0.3, 0.4) is 0 Å². The number of hydrogen-bond acceptors (Lipinski definition) is 4. The normalized spacial score (nSPS) is 10.2. The predicted octanol–water partition coefficient (Wildman–Crippen LogP) is 2.52. The van der Waals surface area contributed by atoms with E-state index in [1.54, 1.807) is 6.07 Å². The lowest BCUT2D eigenvalue weighted by Gasteiger charge is -2.08. The highest BCUT2D eigenvalue weighted by molar-refractivity contribution is 6.46. The fraction of sp³-hybridized carbons (Fsp3) is 0.125. The average molecular weight is 364 g/mol. The second-order valence-corrected chi connectivity index (χ2v) is 5.45. The molecule has 0 aliphatic carbocycles. The molecule has 0 bridgehead atoms. The quantitative estimate of drug-likeness (QED) is 0.640. The van der Waals surface area contributed by atoms with Crippen LogP contribution in [0.15, 0.2) is 18.2 Å². The summed E-state index contributed by atoms with van der Waals surface area (Å²) in [6.45, 7) is 1.45. The van der Waals surface area contributed by atoms with Crippen molar-refractivity contribution in [2.24, 2.45) is 7.05 Å². The lowest BCUT2D eigenvalue weighted by Crippen LogP contribution is -2.16. The summed E-state index contributed by atoms with van der Waals surface area (Å²) in [4.78, 5) is 35.1. The Bertz CT molecular complexity index is 959. The topological polar surface area (TPSA) is 112 Å². The maximum Gasteiger partial charge on any atom is 0.377 e. The number of carboxylic acid groups (broad SMARTS) is 1. The highest BCUT2D eigenvalue weighted by atomic mass is 35.5. The van der Waals surface area contributed by atoms with Gasteiger partial charge >= 0.3 is 5.97 Å². The van der Waals surface area contributed by atoms with Gasteiger partial charge in [0, 0.05) is 18.4 Å². The van der Waals surface area contributed by atoms with Crippen molar-refractivity contribution in [3.05, 3.63) is 51.6 Å². The number of carbonyl (C=O) groups excluding carboxylic acids is 2. The number of carboxylic acids is 1. The van der Waals surface area contributed by atoms with Crippen LogP contribution in [-0.4, -0.2) is 27.3 Å². The molecule has 0 spiro atoms. The lowest BCUT2D eigenvalue weighted by atomic mass is 10.1. The molecule has 0 aliphatic rings. The van der Waals surface area contributed by atoms with E-state index in [2.05, 4.69) is 5.32 Å². The van der Waals surface area contributed by atoms with E-state index >= 15 is 0 Å². The Morgan fingerprint density at radius 3 is 2.56 bits per heavy atom. The Hall–Kier alpha value is -3.18. The van der Waals surface area contributed by atoms with E-state index in [4.69, 9.17) is 22.0 Å². The predicted molar refractivity (Wildman–Crippen MR) is 86.2 cm³/mol. The number of nitriles is 1. The Morgan fingerprint density at radius 2 is 2.00 bits per heavy atom. The van der Waals surface area contributed by atoms with E-state index in [9.17, 15) is 18.8 Å². The van der Waals surface area contributed by atoms with Crippen molar-refractivity contribution < 1.29 is 23.9 Å². The van der Waals surface area contributed by atoms with E-state index in [1.165, 1.54) is 24.6 Å². The molecule has 0 unspecified atom stereocenters. The molecular formula is C16H11ClFN3O4. The fourth-order valence-electron chi connectivity index (χ4n) is 2.26. The first kappa shape index (κ1) is 18.2. The minimum Gasteiger partial charge on any atom is -0.475 e. The number of hydrogen-bond donors (Lipinski definition) is 2. The van der Waals surface area contributed by atoms with Gasteiger partial charge in [0.25, 0.3) is 11.7 Å². The van der Waals surface area contributed by atoms with Crippen LogP contribution in [0.25, 0.3) is 0 Å². The van der Waals surface area contributed by atoms with Crippen LogP contribution < -0.4 is 5.32 Å². The molecule has 1 aromatic carbocycles. The Kier molecular flexibility index (Phi) is 4.90. The first-order valence-corrected chi connectivity index (χ1v) is 7.20. The number of benzene rings is 1. The minimum absolute atomic E-state index is 0.133. The number of aliphatic carboxylic acids is 1. The number of nitrogens with zero attached hydrogens (tertiary/aromatic N) is 2. The van der Waals surface area contributed by atoms with E-state index in [0.717, 1.165) is 12.1 Å². The molecule has 0 aliphatic heterocycles. The van der Waals surface area contributed by atoms with Crippen molar-refractivity contribution in [2.45, 2.75) is 6.92 Å². The van der Waals surface area contributed by atoms with Crippen LogP contribution in [-0.2, 0) is 11.8 Å². The Balaban J connectivity index is 2.44. The van der Waals surface area contributed by atoms with Crippen molar-refractivity contribution in [3.63, 3.8) is 0 Å². The van der Waals surface area contributed by atoms with Crippen LogP contribution in [0.2, 0.25) is 5.02 Å². The van der Waals surface area contributed by atoms with Crippen LogP contribution >= 0.6 is 11.6 Å². The molecule has 2 rings (SSSR count). The zero-order chi connectivity index (χ0) is 18.9. The van der Waals surface area contributed by atoms with Gasteiger partial charge in [-0.25, -0.2) is 9.18 Å². The molecular weight excluding hydrogens is 353 g/mol. The molecule has 1 heterocycles. The third kappa shape index (κ3) is 3.22. The van der Waals surface area contributed by atoms with Gasteiger partial charge in [-0.2, -0.15) is 5.26 Å². The highest BCUT2D eigenvalue weighted by Crippen LogP contribution is 2.28. The second-order valence-electron chi connectivity index (χ2n) is 5.08. The molecule has 128 valence electrons. The molecule has 0 saturated carbocycles. The summed E-state index contributed by atoms with van der Waals surface area (Å²) >= 11 is 6.04. The molecule has 25 heavy (non-hydrogen) atoms. The van der Waals surface area contributed by atoms with Gasteiger partial charge in [0.1, 0.15) is 17.6 Å². The van der Waals surface area contributed by atoms with Crippen molar-refractivity contribution >= 4 is 34.9 Å². The van der Waals surface area contributed by atoms with Gasteiger partial charge < -0.3 is 15.0 Å². The first-order chi connectivity index (χ1) is 11.7. The number of Topliss-reactive ketones (excluding diaryl/α,β-unsaturated/α-hetero) is 1. The van der Waals surface area contributed by atoms with Crippen LogP contribution in [0.4, 0.5) is 10.1 Å². The van der Waals surface area contributed by atoms with Gasteiger partial charge in [-0.3, -0.25) is 9.59 Å². The second kappa shape index (κ2) is 6.75. The molecule has 0 atom stereocenters. The number of anilines is 1. The largest absolute Gasteiger partial charge is 0.475 e. The molecule has 0 saturated heterocycles. The van der Waals surface area contributed by atoms with E-state index in [-0.39, 0.29) is 33.2 Å². The van der Waals surface area contributed by atoms with E-state index < -0.39 is 23.5 Å². The summed E-state index contributed by atoms with van der Waals surface area (Å²) in [7, 11) is 1.44. The summed E-state index contributed by atoms with van der Waals surface area (Å²) in [5.74, 6) is -4.40. The van der Waals surface area contributed by atoms with E-state index in [1.807, 2.05) is 0 Å². The highest BCUT2D eigenvalue weighted by Gasteiger charge is 2.29. The Morgan fingerprint density at radius 1 is 1.36 bits per heavy atom. The number of aromatic nitrogens is 1.